The smallest absolute Gasteiger partial charge is 0.411 e. The first-order valence-electron chi connectivity index (χ1n) is 17.8. The molecule has 268 valence electrons. The number of amides is 3. The van der Waals surface area contributed by atoms with E-state index in [1.54, 1.807) is 32.6 Å². The number of carbonyl (C=O) groups is 3. The molecule has 6 atom stereocenters. The van der Waals surface area contributed by atoms with E-state index in [1.807, 2.05) is 39.8 Å². The van der Waals surface area contributed by atoms with Crippen molar-refractivity contribution in [2.24, 2.45) is 11.8 Å². The van der Waals surface area contributed by atoms with E-state index in [2.05, 4.69) is 43.5 Å². The van der Waals surface area contributed by atoms with Crippen LogP contribution < -0.4 is 10.6 Å². The highest BCUT2D eigenvalue weighted by Gasteiger charge is 2.39. The number of benzene rings is 1. The van der Waals surface area contributed by atoms with E-state index in [0.29, 0.717) is 19.3 Å². The highest BCUT2D eigenvalue weighted by molar-refractivity contribution is 5.91. The average Bonchev–Trinajstić information content (AvgIpc) is 2.97. The lowest BCUT2D eigenvalue weighted by atomic mass is 9.86. The summed E-state index contributed by atoms with van der Waals surface area (Å²) in [4.78, 5) is 42.8. The van der Waals surface area contributed by atoms with E-state index < -0.39 is 53.8 Å². The van der Waals surface area contributed by atoms with Gasteiger partial charge in [0.15, 0.2) is 0 Å². The zero-order valence-corrected chi connectivity index (χ0v) is 31.1. The summed E-state index contributed by atoms with van der Waals surface area (Å²) >= 11 is 0. The van der Waals surface area contributed by atoms with E-state index in [0.717, 1.165) is 37.7 Å². The molecule has 0 aliphatic heterocycles. The van der Waals surface area contributed by atoms with Gasteiger partial charge in [-0.1, -0.05) is 98.4 Å². The SMILES string of the molecule is CC[C@H](C)[C@H](NC(=O)[C@H](C)N(C(=O)OC(C)(C)C)C1CCCCC1)C(=O)N[C@@H](Cc1ccc(C(C)(C)C)cc1)[C@@H](O)[C@@H](O)CC(C)C. The molecule has 2 rings (SSSR count). The maximum Gasteiger partial charge on any atom is 0.411 e. The van der Waals surface area contributed by atoms with E-state index >= 15 is 0 Å². The monoisotopic (exact) mass is 659 g/mol. The third-order valence-corrected chi connectivity index (χ3v) is 9.28. The second-order valence-electron chi connectivity index (χ2n) is 16.2. The van der Waals surface area contributed by atoms with Crippen LogP contribution in [0.4, 0.5) is 4.79 Å². The summed E-state index contributed by atoms with van der Waals surface area (Å²) in [7, 11) is 0. The minimum Gasteiger partial charge on any atom is -0.444 e. The molecular formula is C38H65N3O6. The number of nitrogens with zero attached hydrogens (tertiary/aromatic N) is 1. The number of hydrogen-bond acceptors (Lipinski definition) is 6. The Kier molecular flexibility index (Phi) is 15.2. The summed E-state index contributed by atoms with van der Waals surface area (Å²) < 4.78 is 5.73. The van der Waals surface area contributed by atoms with Crippen LogP contribution in [0.15, 0.2) is 24.3 Å². The van der Waals surface area contributed by atoms with Gasteiger partial charge in [0.2, 0.25) is 11.8 Å². The Bertz CT molecular complexity index is 1130. The Labute approximate surface area is 284 Å². The van der Waals surface area contributed by atoms with Gasteiger partial charge in [-0.05, 0) is 81.8 Å². The lowest BCUT2D eigenvalue weighted by Crippen LogP contribution is -2.60. The number of nitrogens with one attached hydrogen (secondary N) is 2. The Morgan fingerprint density at radius 2 is 1.47 bits per heavy atom. The fourth-order valence-electron chi connectivity index (χ4n) is 6.21. The zero-order chi connectivity index (χ0) is 35.7. The molecule has 0 bridgehead atoms. The molecule has 9 nitrogen and oxygen atoms in total. The predicted molar refractivity (Wildman–Crippen MR) is 188 cm³/mol. The molecule has 47 heavy (non-hydrogen) atoms. The molecular weight excluding hydrogens is 594 g/mol. The second-order valence-corrected chi connectivity index (χ2v) is 16.2. The van der Waals surface area contributed by atoms with Crippen molar-refractivity contribution in [3.63, 3.8) is 0 Å². The van der Waals surface area contributed by atoms with Gasteiger partial charge in [-0.2, -0.15) is 0 Å². The van der Waals surface area contributed by atoms with Gasteiger partial charge in [0.05, 0.1) is 12.1 Å². The van der Waals surface area contributed by atoms with Crippen LogP contribution in [0.3, 0.4) is 0 Å². The fraction of sp³-hybridized carbons (Fsp3) is 0.763. The van der Waals surface area contributed by atoms with Crippen LogP contribution in [0.25, 0.3) is 0 Å². The number of ether oxygens (including phenoxy) is 1. The van der Waals surface area contributed by atoms with Gasteiger partial charge in [-0.25, -0.2) is 4.79 Å². The van der Waals surface area contributed by atoms with Crippen molar-refractivity contribution >= 4 is 17.9 Å². The Balaban J connectivity index is 2.34. The van der Waals surface area contributed by atoms with Crippen molar-refractivity contribution in [2.45, 2.75) is 175 Å². The van der Waals surface area contributed by atoms with Crippen LogP contribution in [-0.4, -0.2) is 75.0 Å². The summed E-state index contributed by atoms with van der Waals surface area (Å²) in [5, 5.41) is 28.2. The number of hydrogen-bond donors (Lipinski definition) is 4. The van der Waals surface area contributed by atoms with Gasteiger partial charge < -0.3 is 25.6 Å². The van der Waals surface area contributed by atoms with Crippen molar-refractivity contribution < 1.29 is 29.3 Å². The molecule has 9 heteroatoms. The van der Waals surface area contributed by atoms with Gasteiger partial charge in [0, 0.05) is 6.04 Å². The highest BCUT2D eigenvalue weighted by atomic mass is 16.6. The predicted octanol–water partition coefficient (Wildman–Crippen LogP) is 6.27. The van der Waals surface area contributed by atoms with Crippen LogP contribution in [0.1, 0.15) is 132 Å². The quantitative estimate of drug-likeness (QED) is 0.187. The molecule has 1 aromatic carbocycles. The van der Waals surface area contributed by atoms with E-state index in [4.69, 9.17) is 4.74 Å². The Hall–Kier alpha value is -2.65. The van der Waals surface area contributed by atoms with Gasteiger partial charge >= 0.3 is 6.09 Å². The molecule has 1 aliphatic carbocycles. The first-order valence-corrected chi connectivity index (χ1v) is 17.8. The minimum atomic E-state index is -1.22. The third-order valence-electron chi connectivity index (χ3n) is 9.28. The number of carbonyl (C=O) groups excluding carboxylic acids is 3. The first kappa shape index (κ1) is 40.5. The summed E-state index contributed by atoms with van der Waals surface area (Å²) in [6.07, 6.45) is 3.13. The molecule has 1 aromatic rings. The van der Waals surface area contributed by atoms with Gasteiger partial charge in [-0.3, -0.25) is 14.5 Å². The van der Waals surface area contributed by atoms with Gasteiger partial charge in [0.1, 0.15) is 23.8 Å². The highest BCUT2D eigenvalue weighted by Crippen LogP contribution is 2.27. The van der Waals surface area contributed by atoms with Crippen LogP contribution in [0.2, 0.25) is 0 Å². The molecule has 1 fully saturated rings. The van der Waals surface area contributed by atoms with Crippen molar-refractivity contribution in [2.75, 3.05) is 0 Å². The Morgan fingerprint density at radius 1 is 0.894 bits per heavy atom. The second kappa shape index (κ2) is 17.7. The molecule has 3 amide bonds. The van der Waals surface area contributed by atoms with E-state index in [9.17, 15) is 24.6 Å². The number of aliphatic hydroxyl groups excluding tert-OH is 2. The molecule has 0 aromatic heterocycles. The van der Waals surface area contributed by atoms with Crippen LogP contribution in [-0.2, 0) is 26.2 Å². The normalized spacial score (nSPS) is 18.4. The number of aliphatic hydroxyl groups is 2. The van der Waals surface area contributed by atoms with E-state index in [1.165, 1.54) is 5.56 Å². The topological polar surface area (TPSA) is 128 Å². The minimum absolute atomic E-state index is 0.0198. The van der Waals surface area contributed by atoms with Crippen molar-refractivity contribution in [3.8, 4) is 0 Å². The molecule has 0 unspecified atom stereocenters. The van der Waals surface area contributed by atoms with Crippen LogP contribution >= 0.6 is 0 Å². The first-order chi connectivity index (χ1) is 21.7. The van der Waals surface area contributed by atoms with Crippen LogP contribution in [0, 0.1) is 11.8 Å². The fourth-order valence-corrected chi connectivity index (χ4v) is 6.21. The molecule has 0 heterocycles. The molecule has 0 spiro atoms. The molecule has 0 radical (unpaired) electrons. The van der Waals surface area contributed by atoms with Crippen molar-refractivity contribution in [1.82, 2.24) is 15.5 Å². The van der Waals surface area contributed by atoms with Crippen molar-refractivity contribution in [1.29, 1.82) is 0 Å². The third kappa shape index (κ3) is 12.7. The van der Waals surface area contributed by atoms with Gasteiger partial charge in [-0.15, -0.1) is 0 Å². The maximum atomic E-state index is 14.0. The van der Waals surface area contributed by atoms with Crippen LogP contribution in [0.5, 0.6) is 0 Å². The van der Waals surface area contributed by atoms with Gasteiger partial charge in [0.25, 0.3) is 0 Å². The van der Waals surface area contributed by atoms with E-state index in [-0.39, 0.29) is 23.3 Å². The zero-order valence-electron chi connectivity index (χ0n) is 31.1. The average molecular weight is 660 g/mol. The Morgan fingerprint density at radius 3 is 1.96 bits per heavy atom. The summed E-state index contributed by atoms with van der Waals surface area (Å²) in [5.74, 6) is -0.960. The largest absolute Gasteiger partial charge is 0.444 e. The summed E-state index contributed by atoms with van der Waals surface area (Å²) in [6, 6.07) is 5.40. The summed E-state index contributed by atoms with van der Waals surface area (Å²) in [5.41, 5.74) is 1.35. The summed E-state index contributed by atoms with van der Waals surface area (Å²) in [6.45, 7) is 21.3. The lowest BCUT2D eigenvalue weighted by Gasteiger charge is -2.39. The lowest BCUT2D eigenvalue weighted by molar-refractivity contribution is -0.134. The standard InChI is InChI=1S/C38H65N3O6/c1-12-25(4)32(40-34(44)26(5)41(29-16-14-13-15-17-29)36(46)47-38(9,10)11)35(45)39-30(33(43)31(42)22-24(2)3)23-27-18-20-28(21-19-27)37(6,7)8/h18-21,24-26,29-33,42-43H,12-17,22-23H2,1-11H3,(H,39,45)(H,40,44)/t25-,26-,30-,31-,32-,33+/m0/s1. The maximum absolute atomic E-state index is 14.0. The molecule has 0 saturated heterocycles. The molecule has 1 aliphatic rings. The number of rotatable bonds is 14. The molecule has 4 N–H and O–H groups in total. The molecule has 1 saturated carbocycles. The van der Waals surface area contributed by atoms with Crippen molar-refractivity contribution in [3.05, 3.63) is 35.4 Å².